The predicted molar refractivity (Wildman–Crippen MR) is 157 cm³/mol. The molecule has 0 nitrogen and oxygen atoms in total. The molecule has 0 bridgehead atoms. The average Bonchev–Trinajstić information content (AvgIpc) is 2.91. The molecule has 0 fully saturated rings. The smallest absolute Gasteiger partial charge is 0.00200 e. The van der Waals surface area contributed by atoms with E-state index in [1.165, 1.54) is 76.5 Å². The van der Waals surface area contributed by atoms with Crippen LogP contribution in [0.2, 0.25) is 0 Å². The lowest BCUT2D eigenvalue weighted by Gasteiger charge is -2.20. The molecule has 0 saturated heterocycles. The lowest BCUT2D eigenvalue weighted by molar-refractivity contribution is 1.49. The summed E-state index contributed by atoms with van der Waals surface area (Å²) in [6.45, 7) is 4.39. The molecule has 36 heavy (non-hydrogen) atoms. The molecule has 0 aromatic heterocycles. The fraction of sp³-hybridized carbons (Fsp3) is 0.0556. The van der Waals surface area contributed by atoms with E-state index >= 15 is 0 Å². The first-order valence-electron chi connectivity index (χ1n) is 12.6. The number of aryl methyl sites for hydroxylation is 2. The third-order valence-corrected chi connectivity index (χ3v) is 7.52. The summed E-state index contributed by atoms with van der Waals surface area (Å²) < 4.78 is 0. The van der Waals surface area contributed by atoms with Crippen molar-refractivity contribution in [3.05, 3.63) is 132 Å². The van der Waals surface area contributed by atoms with Gasteiger partial charge in [-0.25, -0.2) is 0 Å². The highest BCUT2D eigenvalue weighted by Gasteiger charge is 2.18. The maximum atomic E-state index is 2.37. The molecule has 7 aromatic rings. The van der Waals surface area contributed by atoms with E-state index in [1.54, 1.807) is 0 Å². The second kappa shape index (κ2) is 8.07. The van der Waals surface area contributed by atoms with E-state index in [4.69, 9.17) is 0 Å². The molecule has 170 valence electrons. The van der Waals surface area contributed by atoms with Crippen LogP contribution in [0.1, 0.15) is 11.1 Å². The molecule has 0 heteroatoms. The van der Waals surface area contributed by atoms with Crippen LogP contribution < -0.4 is 0 Å². The summed E-state index contributed by atoms with van der Waals surface area (Å²) in [5.74, 6) is 0. The zero-order chi connectivity index (χ0) is 24.2. The summed E-state index contributed by atoms with van der Waals surface area (Å²) in [6.07, 6.45) is 0. The Kier molecular flexibility index (Phi) is 4.69. The molecular weight excluding hydrogens is 432 g/mol. The van der Waals surface area contributed by atoms with Gasteiger partial charge in [0.15, 0.2) is 0 Å². The van der Waals surface area contributed by atoms with Crippen molar-refractivity contribution in [2.45, 2.75) is 13.8 Å². The van der Waals surface area contributed by atoms with Gasteiger partial charge in [0.2, 0.25) is 0 Å². The highest BCUT2D eigenvalue weighted by atomic mass is 14.2. The zero-order valence-corrected chi connectivity index (χ0v) is 20.5. The van der Waals surface area contributed by atoms with E-state index in [-0.39, 0.29) is 0 Å². The van der Waals surface area contributed by atoms with Crippen LogP contribution in [0.3, 0.4) is 0 Å². The number of benzene rings is 7. The van der Waals surface area contributed by atoms with Crippen molar-refractivity contribution in [3.63, 3.8) is 0 Å². The summed E-state index contributed by atoms with van der Waals surface area (Å²) in [7, 11) is 0. The minimum atomic E-state index is 1.27. The van der Waals surface area contributed by atoms with Crippen LogP contribution in [-0.2, 0) is 0 Å². The molecular formula is C36H26. The van der Waals surface area contributed by atoms with E-state index in [0.717, 1.165) is 0 Å². The molecule has 0 atom stereocenters. The Morgan fingerprint density at radius 1 is 0.361 bits per heavy atom. The first-order valence-corrected chi connectivity index (χ1v) is 12.6. The molecule has 0 amide bonds. The van der Waals surface area contributed by atoms with Crippen molar-refractivity contribution in [1.29, 1.82) is 0 Å². The topological polar surface area (TPSA) is 0 Å². The largest absolute Gasteiger partial charge is 0.0616 e. The zero-order valence-electron chi connectivity index (χ0n) is 20.5. The van der Waals surface area contributed by atoms with Gasteiger partial charge < -0.3 is 0 Å². The average molecular weight is 459 g/mol. The van der Waals surface area contributed by atoms with Gasteiger partial charge in [0.1, 0.15) is 0 Å². The SMILES string of the molecule is Cc1ccc2c(-c3cccc4ccccc34)c3cc(C)ccc3c(-c3ccc4ccccc4c3)c2c1. The van der Waals surface area contributed by atoms with Crippen molar-refractivity contribution >= 4 is 43.1 Å². The number of rotatable bonds is 2. The van der Waals surface area contributed by atoms with Crippen LogP contribution >= 0.6 is 0 Å². The van der Waals surface area contributed by atoms with Gasteiger partial charge in [0.25, 0.3) is 0 Å². The Labute approximate surface area is 211 Å². The second-order valence-corrected chi connectivity index (χ2v) is 9.94. The third kappa shape index (κ3) is 3.22. The fourth-order valence-corrected chi connectivity index (χ4v) is 5.85. The molecule has 0 N–H and O–H groups in total. The highest BCUT2D eigenvalue weighted by molar-refractivity contribution is 6.24. The molecule has 0 unspecified atom stereocenters. The van der Waals surface area contributed by atoms with Gasteiger partial charge in [-0.1, -0.05) is 126 Å². The van der Waals surface area contributed by atoms with Crippen LogP contribution in [0.15, 0.2) is 121 Å². The molecule has 0 radical (unpaired) electrons. The molecule has 0 aliphatic heterocycles. The number of fused-ring (bicyclic) bond motifs is 4. The summed E-state index contributed by atoms with van der Waals surface area (Å²) in [5.41, 5.74) is 7.76. The molecule has 7 aromatic carbocycles. The van der Waals surface area contributed by atoms with E-state index in [2.05, 4.69) is 135 Å². The maximum Gasteiger partial charge on any atom is -0.00200 e. The normalized spacial score (nSPS) is 11.6. The summed E-state index contributed by atoms with van der Waals surface area (Å²) in [5, 5.41) is 10.3. The van der Waals surface area contributed by atoms with E-state index in [0.29, 0.717) is 0 Å². The first-order chi connectivity index (χ1) is 17.7. The number of hydrogen-bond acceptors (Lipinski definition) is 0. The predicted octanol–water partition coefficient (Wildman–Crippen LogP) is 10.3. The molecule has 0 spiro atoms. The standard InChI is InChI=1S/C36H26/c1-23-15-19-32-33(20-23)35(28-17-16-25-8-3-4-10-27(25)22-28)31-18-14-24(2)21-34(31)36(32)30-13-7-11-26-9-5-6-12-29(26)30/h3-22H,1-2H3. The van der Waals surface area contributed by atoms with Gasteiger partial charge in [-0.05, 0) is 85.3 Å². The quantitative estimate of drug-likeness (QED) is 0.226. The third-order valence-electron chi connectivity index (χ3n) is 7.52. The lowest BCUT2D eigenvalue weighted by atomic mass is 9.83. The second-order valence-electron chi connectivity index (χ2n) is 9.94. The van der Waals surface area contributed by atoms with Gasteiger partial charge in [0.05, 0.1) is 0 Å². The van der Waals surface area contributed by atoms with Gasteiger partial charge in [-0.15, -0.1) is 0 Å². The van der Waals surface area contributed by atoms with E-state index < -0.39 is 0 Å². The van der Waals surface area contributed by atoms with Crippen molar-refractivity contribution in [1.82, 2.24) is 0 Å². The van der Waals surface area contributed by atoms with Gasteiger partial charge >= 0.3 is 0 Å². The summed E-state index contributed by atoms with van der Waals surface area (Å²) in [4.78, 5) is 0. The van der Waals surface area contributed by atoms with Crippen LogP contribution in [0.4, 0.5) is 0 Å². The Bertz CT molecular complexity index is 1950. The van der Waals surface area contributed by atoms with Crippen molar-refractivity contribution in [2.24, 2.45) is 0 Å². The lowest BCUT2D eigenvalue weighted by Crippen LogP contribution is -1.93. The van der Waals surface area contributed by atoms with Crippen molar-refractivity contribution in [3.8, 4) is 22.3 Å². The highest BCUT2D eigenvalue weighted by Crippen LogP contribution is 2.46. The Balaban J connectivity index is 1.69. The first kappa shape index (κ1) is 20.9. The van der Waals surface area contributed by atoms with E-state index in [1.807, 2.05) is 0 Å². The molecule has 0 aliphatic rings. The maximum absolute atomic E-state index is 2.37. The molecule has 7 rings (SSSR count). The molecule has 0 saturated carbocycles. The van der Waals surface area contributed by atoms with Crippen LogP contribution in [0.25, 0.3) is 65.3 Å². The minimum Gasteiger partial charge on any atom is -0.0616 e. The minimum absolute atomic E-state index is 1.27. The Hall–Kier alpha value is -4.42. The fourth-order valence-electron chi connectivity index (χ4n) is 5.85. The van der Waals surface area contributed by atoms with Crippen LogP contribution in [-0.4, -0.2) is 0 Å². The van der Waals surface area contributed by atoms with Crippen LogP contribution in [0, 0.1) is 13.8 Å². The van der Waals surface area contributed by atoms with Crippen molar-refractivity contribution in [2.75, 3.05) is 0 Å². The van der Waals surface area contributed by atoms with Crippen molar-refractivity contribution < 1.29 is 0 Å². The summed E-state index contributed by atoms with van der Waals surface area (Å²) in [6, 6.07) is 44.8. The monoisotopic (exact) mass is 458 g/mol. The van der Waals surface area contributed by atoms with Gasteiger partial charge in [0, 0.05) is 0 Å². The van der Waals surface area contributed by atoms with E-state index in [9.17, 15) is 0 Å². The Morgan fingerprint density at radius 3 is 1.75 bits per heavy atom. The van der Waals surface area contributed by atoms with Gasteiger partial charge in [-0.2, -0.15) is 0 Å². The Morgan fingerprint density at radius 2 is 0.972 bits per heavy atom. The van der Waals surface area contributed by atoms with Gasteiger partial charge in [-0.3, -0.25) is 0 Å². The van der Waals surface area contributed by atoms with Crippen LogP contribution in [0.5, 0.6) is 0 Å². The number of hydrogen-bond donors (Lipinski definition) is 0. The molecule has 0 heterocycles. The molecule has 0 aliphatic carbocycles. The summed E-state index contributed by atoms with van der Waals surface area (Å²) >= 11 is 0.